The average molecular weight is 291 g/mol. The SMILES string of the molecule is CCOC1CCCN(C(C)C(O)c2ccc(CC)cc2)C1. The Hall–Kier alpha value is -0.900. The van der Waals surface area contributed by atoms with Gasteiger partial charge in [-0.3, -0.25) is 4.90 Å². The highest BCUT2D eigenvalue weighted by atomic mass is 16.5. The molecule has 1 aliphatic heterocycles. The van der Waals surface area contributed by atoms with E-state index in [-0.39, 0.29) is 6.04 Å². The standard InChI is InChI=1S/C18H29NO2/c1-4-15-8-10-16(11-9-15)18(20)14(3)19-12-6-7-17(13-19)21-5-2/h8-11,14,17-18,20H,4-7,12-13H2,1-3H3. The molecule has 3 unspecified atom stereocenters. The zero-order valence-corrected chi connectivity index (χ0v) is 13.6. The van der Waals surface area contributed by atoms with Crippen molar-refractivity contribution >= 4 is 0 Å². The molecule has 2 rings (SSSR count). The Morgan fingerprint density at radius 2 is 2.00 bits per heavy atom. The van der Waals surface area contributed by atoms with E-state index in [1.807, 2.05) is 6.92 Å². The van der Waals surface area contributed by atoms with Crippen molar-refractivity contribution in [3.8, 4) is 0 Å². The van der Waals surface area contributed by atoms with Gasteiger partial charge in [0.25, 0.3) is 0 Å². The lowest BCUT2D eigenvalue weighted by molar-refractivity contribution is -0.0288. The Morgan fingerprint density at radius 1 is 1.29 bits per heavy atom. The number of aliphatic hydroxyl groups excluding tert-OH is 1. The minimum atomic E-state index is -0.434. The molecule has 0 amide bonds. The third kappa shape index (κ3) is 4.29. The molecule has 1 aromatic carbocycles. The number of aryl methyl sites for hydroxylation is 1. The van der Waals surface area contributed by atoms with Gasteiger partial charge in [0.1, 0.15) is 0 Å². The summed E-state index contributed by atoms with van der Waals surface area (Å²) < 4.78 is 5.76. The monoisotopic (exact) mass is 291 g/mol. The smallest absolute Gasteiger partial charge is 0.0942 e. The summed E-state index contributed by atoms with van der Waals surface area (Å²) in [6.07, 6.45) is 3.21. The van der Waals surface area contributed by atoms with Crippen molar-refractivity contribution in [1.82, 2.24) is 4.90 Å². The van der Waals surface area contributed by atoms with Gasteiger partial charge in [0.05, 0.1) is 12.2 Å². The fourth-order valence-electron chi connectivity index (χ4n) is 3.14. The van der Waals surface area contributed by atoms with Crippen LogP contribution in [0.1, 0.15) is 50.8 Å². The molecule has 3 atom stereocenters. The molecule has 1 aromatic rings. The second-order valence-electron chi connectivity index (χ2n) is 6.00. The van der Waals surface area contributed by atoms with Crippen LogP contribution < -0.4 is 0 Å². The van der Waals surface area contributed by atoms with Gasteiger partial charge in [-0.1, -0.05) is 31.2 Å². The van der Waals surface area contributed by atoms with Crippen molar-refractivity contribution < 1.29 is 9.84 Å². The van der Waals surface area contributed by atoms with Gasteiger partial charge < -0.3 is 9.84 Å². The van der Waals surface area contributed by atoms with Gasteiger partial charge in [0.15, 0.2) is 0 Å². The van der Waals surface area contributed by atoms with Crippen LogP contribution in [0.15, 0.2) is 24.3 Å². The van der Waals surface area contributed by atoms with Gasteiger partial charge in [0, 0.05) is 19.2 Å². The topological polar surface area (TPSA) is 32.7 Å². The van der Waals surface area contributed by atoms with Crippen molar-refractivity contribution in [2.24, 2.45) is 0 Å². The van der Waals surface area contributed by atoms with Crippen molar-refractivity contribution in [2.75, 3.05) is 19.7 Å². The van der Waals surface area contributed by atoms with Gasteiger partial charge in [-0.2, -0.15) is 0 Å². The van der Waals surface area contributed by atoms with Gasteiger partial charge in [-0.05, 0) is 50.8 Å². The van der Waals surface area contributed by atoms with E-state index in [0.717, 1.165) is 44.5 Å². The van der Waals surface area contributed by atoms with E-state index in [9.17, 15) is 5.11 Å². The highest BCUT2D eigenvalue weighted by Crippen LogP contribution is 2.25. The van der Waals surface area contributed by atoms with Crippen molar-refractivity contribution in [3.05, 3.63) is 35.4 Å². The molecular formula is C18H29NO2. The number of benzene rings is 1. The normalized spacial score (nSPS) is 23.0. The van der Waals surface area contributed by atoms with Crippen LogP contribution in [-0.4, -0.2) is 41.8 Å². The molecule has 1 heterocycles. The number of likely N-dealkylation sites (tertiary alicyclic amines) is 1. The maximum Gasteiger partial charge on any atom is 0.0942 e. The first kappa shape index (κ1) is 16.5. The van der Waals surface area contributed by atoms with Crippen LogP contribution in [0.5, 0.6) is 0 Å². The van der Waals surface area contributed by atoms with E-state index in [4.69, 9.17) is 4.74 Å². The van der Waals surface area contributed by atoms with Crippen molar-refractivity contribution in [2.45, 2.75) is 58.3 Å². The molecular weight excluding hydrogens is 262 g/mol. The first-order valence-corrected chi connectivity index (χ1v) is 8.28. The fraction of sp³-hybridized carbons (Fsp3) is 0.667. The number of aliphatic hydroxyl groups is 1. The number of piperidine rings is 1. The number of hydrogen-bond acceptors (Lipinski definition) is 3. The van der Waals surface area contributed by atoms with Crippen LogP contribution >= 0.6 is 0 Å². The molecule has 21 heavy (non-hydrogen) atoms. The molecule has 0 radical (unpaired) electrons. The summed E-state index contributed by atoms with van der Waals surface area (Å²) in [7, 11) is 0. The molecule has 0 aromatic heterocycles. The zero-order valence-electron chi connectivity index (χ0n) is 13.6. The number of ether oxygens (including phenoxy) is 1. The molecule has 0 bridgehead atoms. The number of hydrogen-bond donors (Lipinski definition) is 1. The van der Waals surface area contributed by atoms with Crippen molar-refractivity contribution in [1.29, 1.82) is 0 Å². The molecule has 0 saturated carbocycles. The fourth-order valence-corrected chi connectivity index (χ4v) is 3.14. The third-order valence-electron chi connectivity index (χ3n) is 4.57. The van der Waals surface area contributed by atoms with E-state index in [1.54, 1.807) is 0 Å². The maximum absolute atomic E-state index is 10.6. The van der Waals surface area contributed by atoms with Crippen LogP contribution in [-0.2, 0) is 11.2 Å². The minimum Gasteiger partial charge on any atom is -0.387 e. The Morgan fingerprint density at radius 3 is 2.62 bits per heavy atom. The Balaban J connectivity index is 1.98. The summed E-state index contributed by atoms with van der Waals surface area (Å²) in [5, 5.41) is 10.6. The van der Waals surface area contributed by atoms with Crippen LogP contribution in [0, 0.1) is 0 Å². The summed E-state index contributed by atoms with van der Waals surface area (Å²) in [5.74, 6) is 0. The van der Waals surface area contributed by atoms with Crippen molar-refractivity contribution in [3.63, 3.8) is 0 Å². The largest absolute Gasteiger partial charge is 0.387 e. The van der Waals surface area contributed by atoms with E-state index >= 15 is 0 Å². The third-order valence-corrected chi connectivity index (χ3v) is 4.57. The minimum absolute atomic E-state index is 0.126. The molecule has 1 aliphatic rings. The van der Waals surface area contributed by atoms with E-state index in [2.05, 4.69) is 43.0 Å². The van der Waals surface area contributed by atoms with Crippen LogP contribution in [0.2, 0.25) is 0 Å². The summed E-state index contributed by atoms with van der Waals surface area (Å²) in [6, 6.07) is 8.48. The lowest BCUT2D eigenvalue weighted by Gasteiger charge is -2.38. The quantitative estimate of drug-likeness (QED) is 0.874. The molecule has 0 aliphatic carbocycles. The Bertz CT molecular complexity index is 416. The lowest BCUT2D eigenvalue weighted by atomic mass is 9.98. The molecule has 3 nitrogen and oxygen atoms in total. The van der Waals surface area contributed by atoms with E-state index in [1.165, 1.54) is 5.56 Å². The molecule has 0 spiro atoms. The Labute approximate surface area is 128 Å². The molecule has 1 fully saturated rings. The first-order chi connectivity index (χ1) is 10.2. The highest BCUT2D eigenvalue weighted by molar-refractivity contribution is 5.25. The number of nitrogens with zero attached hydrogens (tertiary/aromatic N) is 1. The van der Waals surface area contributed by atoms with E-state index < -0.39 is 6.10 Å². The lowest BCUT2D eigenvalue weighted by Crippen LogP contribution is -2.46. The highest BCUT2D eigenvalue weighted by Gasteiger charge is 2.28. The molecule has 1 saturated heterocycles. The van der Waals surface area contributed by atoms with Gasteiger partial charge in [-0.15, -0.1) is 0 Å². The molecule has 3 heteroatoms. The number of rotatable bonds is 6. The van der Waals surface area contributed by atoms with Crippen LogP contribution in [0.25, 0.3) is 0 Å². The predicted molar refractivity (Wildman–Crippen MR) is 86.5 cm³/mol. The average Bonchev–Trinajstić information content (AvgIpc) is 2.54. The van der Waals surface area contributed by atoms with E-state index in [0.29, 0.717) is 6.10 Å². The van der Waals surface area contributed by atoms with Gasteiger partial charge in [0.2, 0.25) is 0 Å². The van der Waals surface area contributed by atoms with Crippen LogP contribution in [0.3, 0.4) is 0 Å². The maximum atomic E-state index is 10.6. The predicted octanol–water partition coefficient (Wildman–Crippen LogP) is 3.17. The van der Waals surface area contributed by atoms with Gasteiger partial charge >= 0.3 is 0 Å². The first-order valence-electron chi connectivity index (χ1n) is 8.28. The second kappa shape index (κ2) is 7.92. The second-order valence-corrected chi connectivity index (χ2v) is 6.00. The summed E-state index contributed by atoms with van der Waals surface area (Å²) in [4.78, 5) is 2.36. The molecule has 118 valence electrons. The summed E-state index contributed by atoms with van der Waals surface area (Å²) in [6.45, 7) is 9.07. The summed E-state index contributed by atoms with van der Waals surface area (Å²) >= 11 is 0. The van der Waals surface area contributed by atoms with Crippen LogP contribution in [0.4, 0.5) is 0 Å². The molecule has 1 N–H and O–H groups in total. The zero-order chi connectivity index (χ0) is 15.2. The van der Waals surface area contributed by atoms with Gasteiger partial charge in [-0.25, -0.2) is 0 Å². The summed E-state index contributed by atoms with van der Waals surface area (Å²) in [5.41, 5.74) is 2.33. The Kier molecular flexibility index (Phi) is 6.22.